The summed E-state index contributed by atoms with van der Waals surface area (Å²) in [4.78, 5) is 49.6. The number of hydrogen-bond acceptors (Lipinski definition) is 9. The molecule has 116 valence electrons. The van der Waals surface area contributed by atoms with Gasteiger partial charge in [0.1, 0.15) is 11.1 Å². The Morgan fingerprint density at radius 2 is 1.22 bits per heavy atom. The second kappa shape index (κ2) is 6.34. The second-order valence-corrected chi connectivity index (χ2v) is 4.00. The first-order valence-electron chi connectivity index (χ1n) is 5.86. The zero-order valence-electron chi connectivity index (χ0n) is 11.1. The van der Waals surface area contributed by atoms with E-state index in [0.717, 1.165) is 36.7 Å². The third-order valence-corrected chi connectivity index (χ3v) is 2.53. The Morgan fingerprint density at radius 1 is 0.826 bits per heavy atom. The highest BCUT2D eigenvalue weighted by Crippen LogP contribution is 2.11. The van der Waals surface area contributed by atoms with Crippen molar-refractivity contribution in [3.05, 3.63) is 68.0 Å². The molecule has 0 N–H and O–H groups in total. The number of carbonyl (C=O) groups is 2. The summed E-state index contributed by atoms with van der Waals surface area (Å²) < 4.78 is 4.53. The lowest BCUT2D eigenvalue weighted by Crippen LogP contribution is -2.13. The fourth-order valence-corrected chi connectivity index (χ4v) is 1.43. The van der Waals surface area contributed by atoms with Gasteiger partial charge in [0, 0.05) is 12.1 Å². The van der Waals surface area contributed by atoms with E-state index in [-0.39, 0.29) is 11.1 Å². The summed E-state index contributed by atoms with van der Waals surface area (Å²) in [6.07, 6.45) is 1.78. The Balaban J connectivity index is 2.08. The molecule has 0 bridgehead atoms. The van der Waals surface area contributed by atoms with E-state index in [4.69, 9.17) is 0 Å². The van der Waals surface area contributed by atoms with E-state index in [1.54, 1.807) is 0 Å². The fourth-order valence-electron chi connectivity index (χ4n) is 1.43. The number of nitro groups is 2. The van der Waals surface area contributed by atoms with Crippen LogP contribution in [-0.2, 0) is 4.74 Å². The van der Waals surface area contributed by atoms with E-state index in [2.05, 4.69) is 14.7 Å². The Bertz CT molecular complexity index is 719. The molecule has 23 heavy (non-hydrogen) atoms. The molecule has 0 aromatic carbocycles. The predicted molar refractivity (Wildman–Crippen MR) is 71.5 cm³/mol. The molecule has 0 radical (unpaired) electrons. The van der Waals surface area contributed by atoms with Crippen LogP contribution in [0.3, 0.4) is 0 Å². The van der Waals surface area contributed by atoms with Crippen LogP contribution in [0.25, 0.3) is 0 Å². The van der Waals surface area contributed by atoms with Crippen molar-refractivity contribution in [1.29, 1.82) is 0 Å². The van der Waals surface area contributed by atoms with Crippen LogP contribution in [0.1, 0.15) is 20.7 Å². The number of pyridine rings is 2. The summed E-state index contributed by atoms with van der Waals surface area (Å²) in [5.41, 5.74) is -0.336. The lowest BCUT2D eigenvalue weighted by Gasteiger charge is -2.01. The van der Waals surface area contributed by atoms with Crippen LogP contribution in [-0.4, -0.2) is 31.8 Å². The molecule has 2 aromatic rings. The summed E-state index contributed by atoms with van der Waals surface area (Å²) in [5, 5.41) is 20.9. The molecule has 0 saturated heterocycles. The van der Waals surface area contributed by atoms with Crippen molar-refractivity contribution in [2.45, 2.75) is 0 Å². The van der Waals surface area contributed by atoms with Gasteiger partial charge in [0.05, 0.1) is 0 Å². The van der Waals surface area contributed by atoms with Crippen molar-refractivity contribution in [2.24, 2.45) is 0 Å². The number of esters is 2. The zero-order chi connectivity index (χ0) is 17.0. The lowest BCUT2D eigenvalue weighted by atomic mass is 10.2. The molecule has 11 nitrogen and oxygen atoms in total. The molecule has 0 aliphatic rings. The van der Waals surface area contributed by atoms with Crippen LogP contribution in [0.15, 0.2) is 36.7 Å². The monoisotopic (exact) mass is 318 g/mol. The van der Waals surface area contributed by atoms with Gasteiger partial charge in [-0.15, -0.1) is 0 Å². The van der Waals surface area contributed by atoms with Crippen molar-refractivity contribution < 1.29 is 24.2 Å². The number of hydrogen-bond donors (Lipinski definition) is 0. The molecule has 0 unspecified atom stereocenters. The third kappa shape index (κ3) is 3.66. The smallest absolute Gasteiger partial charge is 0.363 e. The van der Waals surface area contributed by atoms with Crippen LogP contribution in [0.5, 0.6) is 0 Å². The highest BCUT2D eigenvalue weighted by atomic mass is 16.6. The standard InChI is InChI=1S/C12H6N4O7/c17-11(7-1-3-9(13-5-7)15(19)20)23-12(18)8-2-4-10(14-6-8)16(21)22/h1-6H. The Labute approximate surface area is 126 Å². The fraction of sp³-hybridized carbons (Fsp3) is 0. The van der Waals surface area contributed by atoms with Gasteiger partial charge in [-0.1, -0.05) is 0 Å². The number of carbonyl (C=O) groups excluding carboxylic acids is 2. The van der Waals surface area contributed by atoms with E-state index in [1.165, 1.54) is 0 Å². The second-order valence-electron chi connectivity index (χ2n) is 4.00. The number of rotatable bonds is 4. The van der Waals surface area contributed by atoms with Crippen LogP contribution >= 0.6 is 0 Å². The Hall–Kier alpha value is -3.76. The van der Waals surface area contributed by atoms with Crippen molar-refractivity contribution in [3.8, 4) is 0 Å². The zero-order valence-corrected chi connectivity index (χ0v) is 11.1. The van der Waals surface area contributed by atoms with Crippen LogP contribution in [0, 0.1) is 20.2 Å². The first-order valence-corrected chi connectivity index (χ1v) is 5.86. The maximum atomic E-state index is 11.7. The van der Waals surface area contributed by atoms with Gasteiger partial charge in [0.25, 0.3) is 0 Å². The van der Waals surface area contributed by atoms with Crippen molar-refractivity contribution >= 4 is 23.6 Å². The van der Waals surface area contributed by atoms with E-state index in [9.17, 15) is 29.8 Å². The Kier molecular flexibility index (Phi) is 4.31. The van der Waals surface area contributed by atoms with E-state index >= 15 is 0 Å². The quantitative estimate of drug-likeness (QED) is 0.350. The largest absolute Gasteiger partial charge is 0.385 e. The molecule has 0 aliphatic carbocycles. The minimum atomic E-state index is -1.07. The number of nitrogens with zero attached hydrogens (tertiary/aromatic N) is 4. The first-order chi connectivity index (χ1) is 10.9. The predicted octanol–water partition coefficient (Wildman–Crippen LogP) is 1.29. The van der Waals surface area contributed by atoms with Gasteiger partial charge in [0.15, 0.2) is 12.4 Å². The van der Waals surface area contributed by atoms with Crippen molar-refractivity contribution in [3.63, 3.8) is 0 Å². The van der Waals surface area contributed by atoms with Crippen LogP contribution in [0.4, 0.5) is 11.6 Å². The maximum absolute atomic E-state index is 11.7. The van der Waals surface area contributed by atoms with Crippen LogP contribution in [0.2, 0.25) is 0 Å². The van der Waals surface area contributed by atoms with Gasteiger partial charge >= 0.3 is 23.6 Å². The summed E-state index contributed by atoms with van der Waals surface area (Å²) in [6.45, 7) is 0. The molecule has 2 heterocycles. The summed E-state index contributed by atoms with van der Waals surface area (Å²) >= 11 is 0. The molecule has 0 atom stereocenters. The minimum absolute atomic E-state index is 0.168. The molecule has 0 fully saturated rings. The number of aromatic nitrogens is 2. The van der Waals surface area contributed by atoms with Gasteiger partial charge in [-0.3, -0.25) is 0 Å². The van der Waals surface area contributed by atoms with E-state index in [0.29, 0.717) is 0 Å². The summed E-state index contributed by atoms with van der Waals surface area (Å²) in [5.74, 6) is -3.08. The van der Waals surface area contributed by atoms with Crippen LogP contribution < -0.4 is 0 Å². The van der Waals surface area contributed by atoms with Gasteiger partial charge in [-0.05, 0) is 31.9 Å². The normalized spacial score (nSPS) is 9.91. The molecule has 2 rings (SSSR count). The molecule has 0 saturated carbocycles. The van der Waals surface area contributed by atoms with Gasteiger partial charge in [0.2, 0.25) is 0 Å². The van der Waals surface area contributed by atoms with E-state index < -0.39 is 33.4 Å². The average Bonchev–Trinajstić information content (AvgIpc) is 2.54. The SMILES string of the molecule is O=C(OC(=O)c1ccc([N+](=O)[O-])nc1)c1ccc([N+](=O)[O-])nc1. The molecule has 0 spiro atoms. The van der Waals surface area contributed by atoms with Gasteiger partial charge in [-0.25, -0.2) is 9.59 Å². The highest BCUT2D eigenvalue weighted by molar-refractivity contribution is 6.02. The summed E-state index contributed by atoms with van der Waals surface area (Å²) in [7, 11) is 0. The third-order valence-electron chi connectivity index (χ3n) is 2.53. The Morgan fingerprint density at radius 3 is 1.48 bits per heavy atom. The molecule has 0 aliphatic heterocycles. The lowest BCUT2D eigenvalue weighted by molar-refractivity contribution is -0.389. The molecule has 2 aromatic heterocycles. The number of ether oxygens (including phenoxy) is 1. The highest BCUT2D eigenvalue weighted by Gasteiger charge is 2.19. The van der Waals surface area contributed by atoms with Gasteiger partial charge in [-0.2, -0.15) is 0 Å². The molecular formula is C12H6N4O7. The van der Waals surface area contributed by atoms with Crippen molar-refractivity contribution in [1.82, 2.24) is 9.97 Å². The average molecular weight is 318 g/mol. The summed E-state index contributed by atoms with van der Waals surface area (Å²) in [6, 6.07) is 4.12. The van der Waals surface area contributed by atoms with E-state index in [1.807, 2.05) is 0 Å². The maximum Gasteiger partial charge on any atom is 0.363 e. The topological polar surface area (TPSA) is 155 Å². The molecule has 0 amide bonds. The first kappa shape index (κ1) is 15.6. The minimum Gasteiger partial charge on any atom is -0.385 e. The molecule has 11 heteroatoms. The van der Waals surface area contributed by atoms with Gasteiger partial charge < -0.3 is 25.0 Å². The molecular weight excluding hydrogens is 312 g/mol. The van der Waals surface area contributed by atoms with Crippen molar-refractivity contribution in [2.75, 3.05) is 0 Å².